The largest absolute Gasteiger partial charge is 0.493 e. The molecule has 1 aromatic heterocycles. The lowest BCUT2D eigenvalue weighted by Gasteiger charge is -2.11. The van der Waals surface area contributed by atoms with Gasteiger partial charge < -0.3 is 14.0 Å². The van der Waals surface area contributed by atoms with Gasteiger partial charge in [-0.25, -0.2) is 0 Å². The fourth-order valence-corrected chi connectivity index (χ4v) is 3.92. The molecule has 0 bridgehead atoms. The number of benzene rings is 3. The molecule has 29 heavy (non-hydrogen) atoms. The first-order valence-corrected chi connectivity index (χ1v) is 10.0. The molecular formula is C23H21N3O2S. The van der Waals surface area contributed by atoms with Crippen LogP contribution in [0.15, 0.2) is 83.0 Å². The molecular weight excluding hydrogens is 382 g/mol. The molecule has 6 heteroatoms. The molecule has 0 amide bonds. The predicted molar refractivity (Wildman–Crippen MR) is 118 cm³/mol. The van der Waals surface area contributed by atoms with Crippen LogP contribution in [0.25, 0.3) is 10.2 Å². The molecule has 0 aliphatic rings. The molecule has 0 aliphatic carbocycles. The van der Waals surface area contributed by atoms with E-state index in [1.165, 1.54) is 4.70 Å². The van der Waals surface area contributed by atoms with Crippen molar-refractivity contribution in [3.8, 4) is 11.5 Å². The monoisotopic (exact) mass is 403 g/mol. The van der Waals surface area contributed by atoms with E-state index in [0.717, 1.165) is 21.4 Å². The number of hydrogen-bond acceptors (Lipinski definition) is 5. The average molecular weight is 404 g/mol. The second kappa shape index (κ2) is 8.75. The molecule has 4 aromatic rings. The van der Waals surface area contributed by atoms with E-state index in [2.05, 4.69) is 22.3 Å². The highest BCUT2D eigenvalue weighted by Gasteiger charge is 2.06. The van der Waals surface area contributed by atoms with Crippen LogP contribution < -0.4 is 14.3 Å². The SMILES string of the molecule is COc1cc(/C=N/N=c2\sc3ccccc3n2C)ccc1OCc1ccccc1. The summed E-state index contributed by atoms with van der Waals surface area (Å²) in [6, 6.07) is 24.0. The Balaban J connectivity index is 1.52. The molecule has 0 fully saturated rings. The summed E-state index contributed by atoms with van der Waals surface area (Å²) in [6.45, 7) is 0.488. The molecule has 146 valence electrons. The number of rotatable bonds is 6. The zero-order valence-corrected chi connectivity index (χ0v) is 17.1. The number of nitrogens with zero attached hydrogens (tertiary/aromatic N) is 3. The summed E-state index contributed by atoms with van der Waals surface area (Å²) in [7, 11) is 3.63. The molecule has 0 saturated carbocycles. The number of aromatic nitrogens is 1. The summed E-state index contributed by atoms with van der Waals surface area (Å²) < 4.78 is 14.6. The highest BCUT2D eigenvalue weighted by molar-refractivity contribution is 7.16. The first-order valence-electron chi connectivity index (χ1n) is 9.21. The number of para-hydroxylation sites is 1. The van der Waals surface area contributed by atoms with E-state index in [1.54, 1.807) is 24.7 Å². The molecule has 0 atom stereocenters. The molecule has 1 heterocycles. The Labute approximate surface area is 173 Å². The van der Waals surface area contributed by atoms with Crippen molar-refractivity contribution in [3.63, 3.8) is 0 Å². The van der Waals surface area contributed by atoms with E-state index < -0.39 is 0 Å². The quantitative estimate of drug-likeness (QED) is 0.344. The van der Waals surface area contributed by atoms with Crippen molar-refractivity contribution in [2.75, 3.05) is 7.11 Å². The summed E-state index contributed by atoms with van der Waals surface area (Å²) in [6.07, 6.45) is 1.72. The number of hydrogen-bond donors (Lipinski definition) is 0. The minimum absolute atomic E-state index is 0.488. The Hall–Kier alpha value is -3.38. The van der Waals surface area contributed by atoms with Crippen LogP contribution in [-0.2, 0) is 13.7 Å². The van der Waals surface area contributed by atoms with E-state index in [4.69, 9.17) is 9.47 Å². The van der Waals surface area contributed by atoms with Gasteiger partial charge in [0.1, 0.15) is 6.61 Å². The van der Waals surface area contributed by atoms with E-state index in [-0.39, 0.29) is 0 Å². The zero-order chi connectivity index (χ0) is 20.1. The third-order valence-corrected chi connectivity index (χ3v) is 5.59. The summed E-state index contributed by atoms with van der Waals surface area (Å²) in [4.78, 5) is 0.845. The zero-order valence-electron chi connectivity index (χ0n) is 16.3. The third kappa shape index (κ3) is 4.38. The van der Waals surface area contributed by atoms with Gasteiger partial charge in [-0.2, -0.15) is 5.10 Å². The highest BCUT2D eigenvalue weighted by Crippen LogP contribution is 2.28. The van der Waals surface area contributed by atoms with Crippen LogP contribution in [0.3, 0.4) is 0 Å². The molecule has 5 nitrogen and oxygen atoms in total. The van der Waals surface area contributed by atoms with Crippen LogP contribution in [0.1, 0.15) is 11.1 Å². The van der Waals surface area contributed by atoms with Crippen molar-refractivity contribution in [2.24, 2.45) is 17.3 Å². The Morgan fingerprint density at radius 3 is 2.55 bits per heavy atom. The van der Waals surface area contributed by atoms with Gasteiger partial charge in [0, 0.05) is 7.05 Å². The molecule has 0 radical (unpaired) electrons. The molecule has 4 rings (SSSR count). The minimum Gasteiger partial charge on any atom is -0.493 e. The summed E-state index contributed by atoms with van der Waals surface area (Å²) in [5, 5.41) is 8.63. The maximum atomic E-state index is 5.90. The smallest absolute Gasteiger partial charge is 0.211 e. The van der Waals surface area contributed by atoms with Crippen LogP contribution in [0.2, 0.25) is 0 Å². The van der Waals surface area contributed by atoms with Gasteiger partial charge in [0.2, 0.25) is 4.80 Å². The van der Waals surface area contributed by atoms with Gasteiger partial charge in [0.05, 0.1) is 23.5 Å². The van der Waals surface area contributed by atoms with Crippen LogP contribution in [-0.4, -0.2) is 17.9 Å². The Kier molecular flexibility index (Phi) is 5.72. The minimum atomic E-state index is 0.488. The van der Waals surface area contributed by atoms with Crippen molar-refractivity contribution >= 4 is 27.8 Å². The fraction of sp³-hybridized carbons (Fsp3) is 0.130. The summed E-state index contributed by atoms with van der Waals surface area (Å²) >= 11 is 1.61. The van der Waals surface area contributed by atoms with Crippen molar-refractivity contribution in [2.45, 2.75) is 6.61 Å². The predicted octanol–water partition coefficient (Wildman–Crippen LogP) is 4.76. The summed E-state index contributed by atoms with van der Waals surface area (Å²) in [5.41, 5.74) is 3.14. The van der Waals surface area contributed by atoms with E-state index >= 15 is 0 Å². The Morgan fingerprint density at radius 2 is 1.76 bits per heavy atom. The first kappa shape index (κ1) is 19.0. The molecule has 0 N–H and O–H groups in total. The standard InChI is InChI=1S/C23H21N3O2S/c1-26-19-10-6-7-11-22(19)29-23(26)25-24-15-18-12-13-20(21(14-18)27-2)28-16-17-8-4-3-5-9-17/h3-15H,16H2,1-2H3/b24-15+,25-23-. The van der Waals surface area contributed by atoms with Crippen molar-refractivity contribution in [1.29, 1.82) is 0 Å². The second-order valence-corrected chi connectivity index (χ2v) is 7.45. The van der Waals surface area contributed by atoms with Gasteiger partial charge in [-0.3, -0.25) is 0 Å². The number of thiazole rings is 1. The maximum Gasteiger partial charge on any atom is 0.211 e. The maximum absolute atomic E-state index is 5.90. The van der Waals surface area contributed by atoms with Crippen LogP contribution in [0.5, 0.6) is 11.5 Å². The Morgan fingerprint density at radius 1 is 0.966 bits per heavy atom. The number of aryl methyl sites for hydroxylation is 1. The van der Waals surface area contributed by atoms with Gasteiger partial charge >= 0.3 is 0 Å². The van der Waals surface area contributed by atoms with Gasteiger partial charge in [0.15, 0.2) is 11.5 Å². The van der Waals surface area contributed by atoms with Crippen molar-refractivity contribution in [3.05, 3.63) is 88.7 Å². The lowest BCUT2D eigenvalue weighted by atomic mass is 10.2. The molecule has 0 unspecified atom stereocenters. The number of methoxy groups -OCH3 is 1. The van der Waals surface area contributed by atoms with Gasteiger partial charge in [-0.1, -0.05) is 53.8 Å². The van der Waals surface area contributed by atoms with Gasteiger partial charge in [0.25, 0.3) is 0 Å². The number of fused-ring (bicyclic) bond motifs is 1. The lowest BCUT2D eigenvalue weighted by Crippen LogP contribution is -2.08. The van der Waals surface area contributed by atoms with E-state index in [9.17, 15) is 0 Å². The normalized spacial score (nSPS) is 12.0. The third-order valence-electron chi connectivity index (χ3n) is 4.49. The van der Waals surface area contributed by atoms with E-state index in [1.807, 2.05) is 72.3 Å². The van der Waals surface area contributed by atoms with Crippen LogP contribution in [0.4, 0.5) is 0 Å². The topological polar surface area (TPSA) is 48.1 Å². The Bertz CT molecular complexity index is 1210. The average Bonchev–Trinajstić information content (AvgIpc) is 3.09. The fourth-order valence-electron chi connectivity index (χ4n) is 2.94. The summed E-state index contributed by atoms with van der Waals surface area (Å²) in [5.74, 6) is 1.36. The van der Waals surface area contributed by atoms with Crippen LogP contribution >= 0.6 is 11.3 Å². The molecule has 0 spiro atoms. The second-order valence-electron chi connectivity index (χ2n) is 6.44. The lowest BCUT2D eigenvalue weighted by molar-refractivity contribution is 0.284. The van der Waals surface area contributed by atoms with Gasteiger partial charge in [-0.15, -0.1) is 5.10 Å². The van der Waals surface area contributed by atoms with Crippen molar-refractivity contribution in [1.82, 2.24) is 4.57 Å². The van der Waals surface area contributed by atoms with Gasteiger partial charge in [-0.05, 0) is 41.5 Å². The number of ether oxygens (including phenoxy) is 2. The molecule has 0 aliphatic heterocycles. The molecule has 0 saturated heterocycles. The molecule has 3 aromatic carbocycles. The van der Waals surface area contributed by atoms with Crippen molar-refractivity contribution < 1.29 is 9.47 Å². The highest BCUT2D eigenvalue weighted by atomic mass is 32.1. The first-order chi connectivity index (χ1) is 14.2. The van der Waals surface area contributed by atoms with Crippen LogP contribution in [0, 0.1) is 0 Å². The van der Waals surface area contributed by atoms with E-state index in [0.29, 0.717) is 18.1 Å².